The van der Waals surface area contributed by atoms with Crippen molar-refractivity contribution in [3.8, 4) is 0 Å². The fourth-order valence-corrected chi connectivity index (χ4v) is 3.38. The van der Waals surface area contributed by atoms with Crippen molar-refractivity contribution in [3.05, 3.63) is 36.5 Å². The molecule has 1 N–H and O–H groups in total. The number of hydrogen-bond acceptors (Lipinski definition) is 2. The van der Waals surface area contributed by atoms with Crippen LogP contribution >= 0.6 is 0 Å². The van der Waals surface area contributed by atoms with Gasteiger partial charge in [-0.1, -0.05) is 56.2 Å². The number of nitrogens with one attached hydrogen (secondary N) is 1. The molecule has 1 aliphatic carbocycles. The molecule has 0 aromatic rings. The highest BCUT2D eigenvalue weighted by atomic mass is 16.2. The van der Waals surface area contributed by atoms with Gasteiger partial charge < -0.3 is 10.2 Å². The molecule has 0 aromatic heterocycles. The van der Waals surface area contributed by atoms with Gasteiger partial charge >= 0.3 is 0 Å². The van der Waals surface area contributed by atoms with Crippen LogP contribution in [0.3, 0.4) is 0 Å². The summed E-state index contributed by atoms with van der Waals surface area (Å²) >= 11 is 0. The standard InChI is InChI=1S/C27H46N2O2/c1-5-6-16-20-26(31)29(27(2,3)4)23-18-15-13-11-9-7-8-10-12-14-17-19-25(30)28-24-21-22-24/h7,9-10,12-13,15,24H,5-6,8,11,14,16-23H2,1-4H3,(H,28,30)/b9-7-,12-10-,15-13-. The summed E-state index contributed by atoms with van der Waals surface area (Å²) in [7, 11) is 0. The molecule has 0 atom stereocenters. The van der Waals surface area contributed by atoms with Crippen LogP contribution in [0.2, 0.25) is 0 Å². The number of allylic oxidation sites excluding steroid dienone is 5. The number of rotatable bonds is 16. The lowest BCUT2D eigenvalue weighted by molar-refractivity contribution is -0.136. The highest BCUT2D eigenvalue weighted by molar-refractivity contribution is 5.77. The Bertz CT molecular complexity index is 595. The molecule has 0 bridgehead atoms. The van der Waals surface area contributed by atoms with Crippen molar-refractivity contribution in [1.82, 2.24) is 10.2 Å². The average molecular weight is 431 g/mol. The van der Waals surface area contributed by atoms with E-state index in [0.29, 0.717) is 18.9 Å². The van der Waals surface area contributed by atoms with Gasteiger partial charge in [0.05, 0.1) is 0 Å². The summed E-state index contributed by atoms with van der Waals surface area (Å²) in [6.45, 7) is 9.31. The summed E-state index contributed by atoms with van der Waals surface area (Å²) in [5.74, 6) is 0.485. The average Bonchev–Trinajstić information content (AvgIpc) is 3.51. The Morgan fingerprint density at radius 3 is 2.06 bits per heavy atom. The second-order valence-corrected chi connectivity index (χ2v) is 9.58. The van der Waals surface area contributed by atoms with E-state index in [4.69, 9.17) is 0 Å². The molecule has 2 amide bonds. The monoisotopic (exact) mass is 430 g/mol. The quantitative estimate of drug-likeness (QED) is 0.225. The van der Waals surface area contributed by atoms with Gasteiger partial charge in [0.15, 0.2) is 0 Å². The minimum absolute atomic E-state index is 0.121. The summed E-state index contributed by atoms with van der Waals surface area (Å²) in [5, 5.41) is 3.02. The van der Waals surface area contributed by atoms with Crippen molar-refractivity contribution in [2.75, 3.05) is 6.54 Å². The minimum atomic E-state index is -0.121. The molecule has 0 saturated heterocycles. The summed E-state index contributed by atoms with van der Waals surface area (Å²) in [6, 6.07) is 0.470. The number of unbranched alkanes of at least 4 members (excludes halogenated alkanes) is 3. The first-order valence-corrected chi connectivity index (χ1v) is 12.4. The highest BCUT2D eigenvalue weighted by Gasteiger charge is 2.25. The molecule has 4 nitrogen and oxygen atoms in total. The lowest BCUT2D eigenvalue weighted by Crippen LogP contribution is -2.46. The smallest absolute Gasteiger partial charge is 0.223 e. The zero-order valence-corrected chi connectivity index (χ0v) is 20.5. The normalized spacial score (nSPS) is 14.7. The topological polar surface area (TPSA) is 49.4 Å². The molecule has 1 rings (SSSR count). The van der Waals surface area contributed by atoms with Crippen LogP contribution in [0.15, 0.2) is 36.5 Å². The van der Waals surface area contributed by atoms with Crippen molar-refractivity contribution < 1.29 is 9.59 Å². The second kappa shape index (κ2) is 15.9. The van der Waals surface area contributed by atoms with E-state index in [0.717, 1.165) is 70.8 Å². The first kappa shape index (κ1) is 27.2. The minimum Gasteiger partial charge on any atom is -0.353 e. The van der Waals surface area contributed by atoms with Crippen LogP contribution in [0, 0.1) is 0 Å². The predicted octanol–water partition coefficient (Wildman–Crippen LogP) is 6.48. The van der Waals surface area contributed by atoms with E-state index in [1.54, 1.807) is 0 Å². The van der Waals surface area contributed by atoms with Gasteiger partial charge in [-0.25, -0.2) is 0 Å². The lowest BCUT2D eigenvalue weighted by Gasteiger charge is -2.35. The molecule has 1 saturated carbocycles. The van der Waals surface area contributed by atoms with Gasteiger partial charge in [0.25, 0.3) is 0 Å². The van der Waals surface area contributed by atoms with Gasteiger partial charge in [-0.05, 0) is 72.1 Å². The van der Waals surface area contributed by atoms with Crippen LogP contribution in [-0.2, 0) is 9.59 Å². The van der Waals surface area contributed by atoms with Crippen LogP contribution in [0.4, 0.5) is 0 Å². The molecular formula is C27H46N2O2. The SMILES string of the molecule is CCCCCC(=O)N(CC/C=C\C/C=C\C/C=C\CCCC(=O)NC1CC1)C(C)(C)C. The lowest BCUT2D eigenvalue weighted by atomic mass is 10.0. The van der Waals surface area contributed by atoms with Crippen molar-refractivity contribution in [1.29, 1.82) is 0 Å². The van der Waals surface area contributed by atoms with Crippen LogP contribution in [0.5, 0.6) is 0 Å². The van der Waals surface area contributed by atoms with Gasteiger partial charge in [-0.15, -0.1) is 0 Å². The summed E-state index contributed by atoms with van der Waals surface area (Å²) in [5.41, 5.74) is -0.121. The van der Waals surface area contributed by atoms with Crippen LogP contribution in [0.25, 0.3) is 0 Å². The third-order valence-electron chi connectivity index (χ3n) is 5.39. The molecule has 0 aliphatic heterocycles. The van der Waals surface area contributed by atoms with Gasteiger partial charge in [-0.2, -0.15) is 0 Å². The summed E-state index contributed by atoms with van der Waals surface area (Å²) in [4.78, 5) is 26.1. The molecule has 31 heavy (non-hydrogen) atoms. The predicted molar refractivity (Wildman–Crippen MR) is 132 cm³/mol. The van der Waals surface area contributed by atoms with E-state index < -0.39 is 0 Å². The number of nitrogens with zero attached hydrogens (tertiary/aromatic N) is 1. The van der Waals surface area contributed by atoms with E-state index in [-0.39, 0.29) is 17.4 Å². The maximum atomic E-state index is 12.5. The van der Waals surface area contributed by atoms with Crippen LogP contribution in [0.1, 0.15) is 105 Å². The number of hydrogen-bond donors (Lipinski definition) is 1. The van der Waals surface area contributed by atoms with Gasteiger partial charge in [-0.3, -0.25) is 9.59 Å². The second-order valence-electron chi connectivity index (χ2n) is 9.58. The number of amides is 2. The Hall–Kier alpha value is -1.84. The first-order chi connectivity index (χ1) is 14.8. The van der Waals surface area contributed by atoms with Crippen molar-refractivity contribution in [3.63, 3.8) is 0 Å². The Kier molecular flexibility index (Phi) is 13.9. The Morgan fingerprint density at radius 1 is 0.871 bits per heavy atom. The fraction of sp³-hybridized carbons (Fsp3) is 0.704. The molecule has 0 heterocycles. The van der Waals surface area contributed by atoms with Gasteiger partial charge in [0.2, 0.25) is 11.8 Å². The Balaban J connectivity index is 2.11. The molecule has 4 heteroatoms. The summed E-state index contributed by atoms with van der Waals surface area (Å²) < 4.78 is 0. The fourth-order valence-electron chi connectivity index (χ4n) is 3.38. The van der Waals surface area contributed by atoms with Gasteiger partial charge in [0.1, 0.15) is 0 Å². The molecule has 0 unspecified atom stereocenters. The highest BCUT2D eigenvalue weighted by Crippen LogP contribution is 2.19. The summed E-state index contributed by atoms with van der Waals surface area (Å²) in [6.07, 6.45) is 24.6. The van der Waals surface area contributed by atoms with Crippen molar-refractivity contribution in [2.24, 2.45) is 0 Å². The Morgan fingerprint density at radius 2 is 1.48 bits per heavy atom. The van der Waals surface area contributed by atoms with Crippen molar-refractivity contribution in [2.45, 2.75) is 116 Å². The zero-order valence-electron chi connectivity index (χ0n) is 20.5. The van der Waals surface area contributed by atoms with Crippen molar-refractivity contribution >= 4 is 11.8 Å². The van der Waals surface area contributed by atoms with E-state index in [1.807, 2.05) is 4.90 Å². The molecule has 1 fully saturated rings. The van der Waals surface area contributed by atoms with Gasteiger partial charge in [0, 0.05) is 31.0 Å². The molecule has 1 aliphatic rings. The molecule has 0 spiro atoms. The number of carbonyl (C=O) groups is 2. The van der Waals surface area contributed by atoms with E-state index >= 15 is 0 Å². The molecule has 0 aromatic carbocycles. The van der Waals surface area contributed by atoms with Crippen LogP contribution < -0.4 is 5.32 Å². The Labute approximate surface area is 191 Å². The largest absolute Gasteiger partial charge is 0.353 e. The van der Waals surface area contributed by atoms with E-state index in [1.165, 1.54) is 0 Å². The molecular weight excluding hydrogens is 384 g/mol. The third-order valence-corrected chi connectivity index (χ3v) is 5.39. The van der Waals surface area contributed by atoms with E-state index in [9.17, 15) is 9.59 Å². The zero-order chi connectivity index (χ0) is 23.0. The first-order valence-electron chi connectivity index (χ1n) is 12.4. The number of carbonyl (C=O) groups excluding carboxylic acids is 2. The van der Waals surface area contributed by atoms with Crippen LogP contribution in [-0.4, -0.2) is 34.8 Å². The maximum Gasteiger partial charge on any atom is 0.223 e. The third kappa shape index (κ3) is 14.7. The maximum absolute atomic E-state index is 12.5. The van der Waals surface area contributed by atoms with E-state index in [2.05, 4.69) is 69.5 Å². The molecule has 176 valence electrons. The molecule has 0 radical (unpaired) electrons.